The van der Waals surface area contributed by atoms with Crippen molar-refractivity contribution in [1.29, 1.82) is 0 Å². The number of para-hydroxylation sites is 2. The number of benzene rings is 3. The number of anilines is 1. The Morgan fingerprint density at radius 2 is 1.57 bits per heavy atom. The summed E-state index contributed by atoms with van der Waals surface area (Å²) in [5, 5.41) is 2.58. The highest BCUT2D eigenvalue weighted by Crippen LogP contribution is 2.32. The number of rotatable bonds is 11. The molecule has 3 aromatic carbocycles. The highest BCUT2D eigenvalue weighted by Gasteiger charge is 2.33. The fourth-order valence-corrected chi connectivity index (χ4v) is 5.39. The minimum Gasteiger partial charge on any atom is -0.495 e. The Hall–Kier alpha value is -3.85. The zero-order valence-electron chi connectivity index (χ0n) is 21.5. The van der Waals surface area contributed by atoms with Crippen LogP contribution in [0.25, 0.3) is 0 Å². The molecule has 37 heavy (non-hydrogen) atoms. The van der Waals surface area contributed by atoms with Gasteiger partial charge in [0, 0.05) is 13.6 Å². The number of carbonyl (C=O) groups is 2. The molecule has 0 aliphatic carbocycles. The predicted octanol–water partition coefficient (Wildman–Crippen LogP) is 3.40. The fraction of sp³-hybridized carbons (Fsp3) is 0.286. The molecular weight excluding hydrogens is 490 g/mol. The summed E-state index contributed by atoms with van der Waals surface area (Å²) in [5.41, 5.74) is 2.14. The monoisotopic (exact) mass is 523 g/mol. The Balaban J connectivity index is 2.01. The summed E-state index contributed by atoms with van der Waals surface area (Å²) in [5.74, 6) is -0.540. The van der Waals surface area contributed by atoms with Gasteiger partial charge < -0.3 is 15.0 Å². The quantitative estimate of drug-likeness (QED) is 0.416. The van der Waals surface area contributed by atoms with Crippen LogP contribution in [0.4, 0.5) is 5.69 Å². The maximum Gasteiger partial charge on any atom is 0.264 e. The number of likely N-dealkylation sites (N-methyl/N-ethyl adjacent to an activating group) is 1. The lowest BCUT2D eigenvalue weighted by Gasteiger charge is -2.32. The van der Waals surface area contributed by atoms with Crippen LogP contribution in [0, 0.1) is 6.92 Å². The summed E-state index contributed by atoms with van der Waals surface area (Å²) in [6, 6.07) is 21.9. The molecule has 0 spiro atoms. The fourth-order valence-electron chi connectivity index (χ4n) is 3.97. The number of nitrogens with one attached hydrogen (secondary N) is 1. The zero-order valence-corrected chi connectivity index (χ0v) is 22.4. The smallest absolute Gasteiger partial charge is 0.264 e. The lowest BCUT2D eigenvalue weighted by atomic mass is 10.1. The standard InChI is InChI=1S/C28H33N3O5S/c1-21-14-16-24(17-15-21)37(34,35)31(25-12-8-9-13-26(25)36-4)20-27(32)30(22(2)28(33)29-3)19-18-23-10-6-5-7-11-23/h5-17,22H,18-20H2,1-4H3,(H,29,33)/t22-/m0/s1. The normalized spacial score (nSPS) is 11.9. The van der Waals surface area contributed by atoms with Crippen molar-refractivity contribution < 1.29 is 22.7 Å². The van der Waals surface area contributed by atoms with Gasteiger partial charge in [-0.1, -0.05) is 60.2 Å². The molecule has 1 N–H and O–H groups in total. The summed E-state index contributed by atoms with van der Waals surface area (Å²) < 4.78 is 34.1. The van der Waals surface area contributed by atoms with Gasteiger partial charge in [-0.25, -0.2) is 8.42 Å². The molecule has 1 atom stereocenters. The summed E-state index contributed by atoms with van der Waals surface area (Å²) in [7, 11) is -1.20. The maximum atomic E-state index is 13.8. The number of aryl methyl sites for hydroxylation is 1. The van der Waals surface area contributed by atoms with Gasteiger partial charge in [-0.15, -0.1) is 0 Å². The van der Waals surface area contributed by atoms with Crippen LogP contribution >= 0.6 is 0 Å². The van der Waals surface area contributed by atoms with E-state index in [-0.39, 0.29) is 23.0 Å². The van der Waals surface area contributed by atoms with Crippen LogP contribution in [0.3, 0.4) is 0 Å². The van der Waals surface area contributed by atoms with Gasteiger partial charge in [0.15, 0.2) is 0 Å². The second-order valence-corrected chi connectivity index (χ2v) is 10.5. The largest absolute Gasteiger partial charge is 0.495 e. The summed E-state index contributed by atoms with van der Waals surface area (Å²) in [6.07, 6.45) is 0.507. The summed E-state index contributed by atoms with van der Waals surface area (Å²) in [6.45, 7) is 3.22. The molecule has 0 radical (unpaired) electrons. The van der Waals surface area contributed by atoms with E-state index in [1.165, 1.54) is 31.2 Å². The maximum absolute atomic E-state index is 13.8. The molecule has 0 heterocycles. The first-order valence-electron chi connectivity index (χ1n) is 12.0. The van der Waals surface area contributed by atoms with Crippen LogP contribution in [0.1, 0.15) is 18.1 Å². The zero-order chi connectivity index (χ0) is 27.0. The van der Waals surface area contributed by atoms with Crippen molar-refractivity contribution >= 4 is 27.5 Å². The van der Waals surface area contributed by atoms with E-state index < -0.39 is 28.5 Å². The van der Waals surface area contributed by atoms with E-state index in [1.54, 1.807) is 43.3 Å². The minimum absolute atomic E-state index is 0.0481. The molecule has 0 saturated heterocycles. The van der Waals surface area contributed by atoms with Gasteiger partial charge in [-0.2, -0.15) is 0 Å². The molecule has 0 bridgehead atoms. The average Bonchev–Trinajstić information content (AvgIpc) is 2.91. The number of amides is 2. The molecule has 196 valence electrons. The number of methoxy groups -OCH3 is 1. The van der Waals surface area contributed by atoms with Crippen LogP contribution in [-0.2, 0) is 26.0 Å². The first kappa shape index (κ1) is 27.7. The molecule has 2 amide bonds. The van der Waals surface area contributed by atoms with Gasteiger partial charge in [0.1, 0.15) is 18.3 Å². The van der Waals surface area contributed by atoms with Crippen LogP contribution in [0.5, 0.6) is 5.75 Å². The molecule has 3 rings (SSSR count). The van der Waals surface area contributed by atoms with Gasteiger partial charge in [-0.3, -0.25) is 13.9 Å². The second kappa shape index (κ2) is 12.4. The third kappa shape index (κ3) is 6.68. The minimum atomic E-state index is -4.15. The number of carbonyl (C=O) groups excluding carboxylic acids is 2. The number of sulfonamides is 1. The van der Waals surface area contributed by atoms with Crippen molar-refractivity contribution in [2.45, 2.75) is 31.2 Å². The number of nitrogens with zero attached hydrogens (tertiary/aromatic N) is 2. The van der Waals surface area contributed by atoms with E-state index in [4.69, 9.17) is 4.74 Å². The van der Waals surface area contributed by atoms with E-state index in [0.29, 0.717) is 12.2 Å². The van der Waals surface area contributed by atoms with Gasteiger partial charge in [-0.05, 0) is 50.1 Å². The van der Waals surface area contributed by atoms with Gasteiger partial charge in [0.2, 0.25) is 11.8 Å². The van der Waals surface area contributed by atoms with E-state index in [2.05, 4.69) is 5.32 Å². The van der Waals surface area contributed by atoms with Crippen LogP contribution in [-0.4, -0.2) is 58.4 Å². The van der Waals surface area contributed by atoms with Gasteiger partial charge >= 0.3 is 0 Å². The highest BCUT2D eigenvalue weighted by molar-refractivity contribution is 7.92. The summed E-state index contributed by atoms with van der Waals surface area (Å²) >= 11 is 0. The molecule has 0 saturated carbocycles. The van der Waals surface area contributed by atoms with Crippen molar-refractivity contribution in [3.8, 4) is 5.75 Å². The molecule has 3 aromatic rings. The third-order valence-corrected chi connectivity index (χ3v) is 7.91. The van der Waals surface area contributed by atoms with Crippen molar-refractivity contribution in [2.24, 2.45) is 0 Å². The van der Waals surface area contributed by atoms with E-state index in [0.717, 1.165) is 15.4 Å². The molecule has 0 unspecified atom stereocenters. The summed E-state index contributed by atoms with van der Waals surface area (Å²) in [4.78, 5) is 27.7. The van der Waals surface area contributed by atoms with Crippen molar-refractivity contribution in [2.75, 3.05) is 31.6 Å². The Kier molecular flexibility index (Phi) is 9.30. The predicted molar refractivity (Wildman–Crippen MR) is 144 cm³/mol. The Labute approximate surface area is 218 Å². The molecule has 0 aromatic heterocycles. The van der Waals surface area contributed by atoms with Crippen LogP contribution < -0.4 is 14.4 Å². The molecule has 0 fully saturated rings. The van der Waals surface area contributed by atoms with E-state index in [9.17, 15) is 18.0 Å². The van der Waals surface area contributed by atoms with E-state index in [1.807, 2.05) is 37.3 Å². The molecule has 0 aliphatic heterocycles. The first-order chi connectivity index (χ1) is 17.7. The topological polar surface area (TPSA) is 96.0 Å². The van der Waals surface area contributed by atoms with Gasteiger partial charge in [0.25, 0.3) is 10.0 Å². The number of hydrogen-bond acceptors (Lipinski definition) is 5. The van der Waals surface area contributed by atoms with Crippen LogP contribution in [0.2, 0.25) is 0 Å². The number of ether oxygens (including phenoxy) is 1. The average molecular weight is 524 g/mol. The lowest BCUT2D eigenvalue weighted by Crippen LogP contribution is -2.51. The van der Waals surface area contributed by atoms with Crippen molar-refractivity contribution in [3.05, 3.63) is 90.0 Å². The third-order valence-electron chi connectivity index (χ3n) is 6.14. The highest BCUT2D eigenvalue weighted by atomic mass is 32.2. The Morgan fingerprint density at radius 1 is 0.946 bits per heavy atom. The number of hydrogen-bond donors (Lipinski definition) is 1. The SMILES string of the molecule is CNC(=O)[C@H](C)N(CCc1ccccc1)C(=O)CN(c1ccccc1OC)S(=O)(=O)c1ccc(C)cc1. The van der Waals surface area contributed by atoms with Crippen molar-refractivity contribution in [1.82, 2.24) is 10.2 Å². The van der Waals surface area contributed by atoms with Crippen LogP contribution in [0.15, 0.2) is 83.8 Å². The molecule has 9 heteroatoms. The van der Waals surface area contributed by atoms with E-state index >= 15 is 0 Å². The van der Waals surface area contributed by atoms with Crippen molar-refractivity contribution in [3.63, 3.8) is 0 Å². The first-order valence-corrected chi connectivity index (χ1v) is 13.4. The molecule has 0 aliphatic rings. The molecule has 8 nitrogen and oxygen atoms in total. The second-order valence-electron chi connectivity index (χ2n) is 8.61. The van der Waals surface area contributed by atoms with Gasteiger partial charge in [0.05, 0.1) is 17.7 Å². The lowest BCUT2D eigenvalue weighted by molar-refractivity contribution is -0.138. The Bertz CT molecular complexity index is 1310. The molecular formula is C28H33N3O5S. The Morgan fingerprint density at radius 3 is 2.19 bits per heavy atom.